The molecule has 0 radical (unpaired) electrons. The van der Waals surface area contributed by atoms with E-state index < -0.39 is 0 Å². The van der Waals surface area contributed by atoms with Gasteiger partial charge in [0, 0.05) is 29.7 Å². The maximum Gasteiger partial charge on any atom is 0.259 e. The second-order valence-corrected chi connectivity index (χ2v) is 7.05. The van der Waals surface area contributed by atoms with Gasteiger partial charge in [-0.3, -0.25) is 9.78 Å². The van der Waals surface area contributed by atoms with Crippen LogP contribution in [0.4, 0.5) is 0 Å². The molecule has 32 heavy (non-hydrogen) atoms. The molecule has 0 unspecified atom stereocenters. The molecule has 7 nitrogen and oxygen atoms in total. The molecule has 2 aromatic carbocycles. The number of H-pyrrole nitrogens is 1. The third-order valence-electron chi connectivity index (χ3n) is 5.01. The lowest BCUT2D eigenvalue weighted by Gasteiger charge is -2.02. The van der Waals surface area contributed by atoms with E-state index in [9.17, 15) is 10.1 Å². The van der Waals surface area contributed by atoms with E-state index in [2.05, 4.69) is 21.0 Å². The Morgan fingerprint density at radius 3 is 2.53 bits per heavy atom. The van der Waals surface area contributed by atoms with Crippen molar-refractivity contribution in [3.05, 3.63) is 107 Å². The van der Waals surface area contributed by atoms with Crippen LogP contribution in [0.1, 0.15) is 11.4 Å². The van der Waals surface area contributed by atoms with Crippen molar-refractivity contribution in [3.63, 3.8) is 0 Å². The first-order valence-electron chi connectivity index (χ1n) is 9.89. The Morgan fingerprint density at radius 2 is 1.75 bits per heavy atom. The van der Waals surface area contributed by atoms with Crippen LogP contribution in [-0.4, -0.2) is 24.7 Å². The van der Waals surface area contributed by atoms with E-state index >= 15 is 0 Å². The number of aromatic amines is 1. The van der Waals surface area contributed by atoms with Gasteiger partial charge in [0.2, 0.25) is 0 Å². The molecule has 0 saturated carbocycles. The number of nitriles is 1. The van der Waals surface area contributed by atoms with Crippen molar-refractivity contribution in [1.82, 2.24) is 24.7 Å². The minimum Gasteiger partial charge on any atom is -0.305 e. The summed E-state index contributed by atoms with van der Waals surface area (Å²) in [5, 5.41) is 15.1. The van der Waals surface area contributed by atoms with Crippen LogP contribution in [0.3, 0.4) is 0 Å². The highest BCUT2D eigenvalue weighted by molar-refractivity contribution is 5.91. The minimum absolute atomic E-state index is 0.212. The molecule has 1 N–H and O–H groups in total. The van der Waals surface area contributed by atoms with E-state index in [1.165, 1.54) is 0 Å². The predicted octanol–water partition coefficient (Wildman–Crippen LogP) is 4.23. The Bertz CT molecular complexity index is 1540. The van der Waals surface area contributed by atoms with Crippen LogP contribution in [-0.2, 0) is 0 Å². The fraction of sp³-hybridized carbons (Fsp3) is 0. The van der Waals surface area contributed by atoms with Gasteiger partial charge in [0.15, 0.2) is 5.82 Å². The molecule has 3 heterocycles. The summed E-state index contributed by atoms with van der Waals surface area (Å²) >= 11 is 0. The molecule has 0 aliphatic rings. The lowest BCUT2D eigenvalue weighted by molar-refractivity contribution is 0.884. The smallest absolute Gasteiger partial charge is 0.259 e. The van der Waals surface area contributed by atoms with Crippen LogP contribution in [0.2, 0.25) is 0 Å². The number of allylic oxidation sites excluding steroid dienone is 1. The molecule has 0 fully saturated rings. The molecule has 0 atom stereocenters. The molecule has 0 spiro atoms. The monoisotopic (exact) mass is 416 g/mol. The third kappa shape index (κ3) is 3.57. The molecule has 0 bridgehead atoms. The minimum atomic E-state index is -0.291. The molecular formula is C25H16N6O. The molecule has 5 aromatic rings. The quantitative estimate of drug-likeness (QED) is 0.442. The summed E-state index contributed by atoms with van der Waals surface area (Å²) < 4.78 is 1.76. The second kappa shape index (κ2) is 8.13. The molecule has 0 aliphatic carbocycles. The van der Waals surface area contributed by atoms with Crippen molar-refractivity contribution in [2.24, 2.45) is 0 Å². The number of hydrogen-bond donors (Lipinski definition) is 1. The summed E-state index contributed by atoms with van der Waals surface area (Å²) in [6.07, 6.45) is 6.92. The van der Waals surface area contributed by atoms with Gasteiger partial charge in [-0.2, -0.15) is 10.4 Å². The van der Waals surface area contributed by atoms with Gasteiger partial charge >= 0.3 is 0 Å². The van der Waals surface area contributed by atoms with Gasteiger partial charge in [0.05, 0.1) is 22.2 Å². The number of nitrogens with one attached hydrogen (secondary N) is 1. The summed E-state index contributed by atoms with van der Waals surface area (Å²) in [5.74, 6) is 0.212. The Kier molecular flexibility index (Phi) is 4.86. The van der Waals surface area contributed by atoms with Crippen LogP contribution in [0.15, 0.2) is 90.1 Å². The molecule has 7 heteroatoms. The van der Waals surface area contributed by atoms with E-state index in [1.54, 1.807) is 47.4 Å². The number of nitrogens with zero attached hydrogens (tertiary/aromatic N) is 5. The molecule has 5 rings (SSSR count). The average Bonchev–Trinajstić information content (AvgIpc) is 3.27. The molecule has 152 valence electrons. The lowest BCUT2D eigenvalue weighted by Crippen LogP contribution is -2.11. The topological polar surface area (TPSA) is 100 Å². The zero-order valence-electron chi connectivity index (χ0n) is 16.8. The Morgan fingerprint density at radius 1 is 1.00 bits per heavy atom. The van der Waals surface area contributed by atoms with Crippen LogP contribution in [0.5, 0.6) is 0 Å². The Balaban J connectivity index is 1.69. The molecule has 0 amide bonds. The number of fused-ring (bicyclic) bond motifs is 1. The van der Waals surface area contributed by atoms with Crippen molar-refractivity contribution in [2.45, 2.75) is 0 Å². The van der Waals surface area contributed by atoms with Crippen molar-refractivity contribution in [1.29, 1.82) is 5.26 Å². The van der Waals surface area contributed by atoms with E-state index in [0.29, 0.717) is 22.2 Å². The maximum atomic E-state index is 12.5. The zero-order chi connectivity index (χ0) is 21.9. The zero-order valence-corrected chi connectivity index (χ0v) is 16.8. The van der Waals surface area contributed by atoms with Gasteiger partial charge < -0.3 is 4.98 Å². The van der Waals surface area contributed by atoms with Crippen LogP contribution in [0.25, 0.3) is 39.5 Å². The van der Waals surface area contributed by atoms with Crippen LogP contribution in [0, 0.1) is 11.3 Å². The number of benzene rings is 2. The van der Waals surface area contributed by atoms with E-state index in [4.69, 9.17) is 5.10 Å². The number of pyridine rings is 1. The summed E-state index contributed by atoms with van der Waals surface area (Å²) in [4.78, 5) is 23.8. The highest BCUT2D eigenvalue weighted by atomic mass is 16.1. The van der Waals surface area contributed by atoms with Gasteiger partial charge in [-0.1, -0.05) is 30.3 Å². The largest absolute Gasteiger partial charge is 0.305 e. The number of aromatic nitrogens is 5. The molecular weight excluding hydrogens is 400 g/mol. The van der Waals surface area contributed by atoms with E-state index in [-0.39, 0.29) is 17.0 Å². The summed E-state index contributed by atoms with van der Waals surface area (Å²) in [5.41, 5.74) is 3.62. The van der Waals surface area contributed by atoms with Gasteiger partial charge in [0.25, 0.3) is 5.56 Å². The van der Waals surface area contributed by atoms with Gasteiger partial charge in [0.1, 0.15) is 11.8 Å². The van der Waals surface area contributed by atoms with Gasteiger partial charge in [-0.15, -0.1) is 0 Å². The van der Waals surface area contributed by atoms with E-state index in [1.807, 2.05) is 48.7 Å². The number of rotatable bonds is 4. The van der Waals surface area contributed by atoms with Crippen LogP contribution >= 0.6 is 0 Å². The fourth-order valence-electron chi connectivity index (χ4n) is 3.46. The summed E-state index contributed by atoms with van der Waals surface area (Å²) in [7, 11) is 0. The number of hydrogen-bond acceptors (Lipinski definition) is 5. The van der Waals surface area contributed by atoms with E-state index in [0.717, 1.165) is 11.3 Å². The second-order valence-electron chi connectivity index (χ2n) is 7.05. The molecule has 0 aliphatic heterocycles. The number of para-hydroxylation sites is 2. The first-order chi connectivity index (χ1) is 15.7. The van der Waals surface area contributed by atoms with Gasteiger partial charge in [-0.25, -0.2) is 9.67 Å². The van der Waals surface area contributed by atoms with Crippen LogP contribution < -0.4 is 5.56 Å². The fourth-order valence-corrected chi connectivity index (χ4v) is 3.46. The van der Waals surface area contributed by atoms with Crippen molar-refractivity contribution >= 4 is 22.6 Å². The predicted molar refractivity (Wildman–Crippen MR) is 123 cm³/mol. The summed E-state index contributed by atoms with van der Waals surface area (Å²) in [6.45, 7) is 0. The normalized spacial score (nSPS) is 11.4. The molecule has 0 saturated heterocycles. The highest BCUT2D eigenvalue weighted by Gasteiger charge is 2.14. The highest BCUT2D eigenvalue weighted by Crippen LogP contribution is 2.27. The average molecular weight is 416 g/mol. The Hall–Kier alpha value is -4.83. The molecule has 3 aromatic heterocycles. The first-order valence-corrected chi connectivity index (χ1v) is 9.89. The SMILES string of the molecule is N#C/C(=C\c1cn(-c2ccccc2)nc1-c1ccncc1)c1nc2ccccc2c(=O)[nH]1. The van der Waals surface area contributed by atoms with Crippen molar-refractivity contribution < 1.29 is 0 Å². The van der Waals surface area contributed by atoms with Gasteiger partial charge in [-0.05, 0) is 42.5 Å². The first kappa shape index (κ1) is 19.2. The lowest BCUT2D eigenvalue weighted by atomic mass is 10.1. The maximum absolute atomic E-state index is 12.5. The Labute approximate surface area is 183 Å². The van der Waals surface area contributed by atoms with Crippen molar-refractivity contribution in [2.75, 3.05) is 0 Å². The standard InChI is InChI=1S/C25H16N6O/c26-15-18(24-28-22-9-5-4-8-21(22)25(32)29-24)14-19-16-31(20-6-2-1-3-7-20)30-23(19)17-10-12-27-13-11-17/h1-14,16H,(H,28,29,32)/b18-14+. The third-order valence-corrected chi connectivity index (χ3v) is 5.01. The van der Waals surface area contributed by atoms with Crippen molar-refractivity contribution in [3.8, 4) is 23.0 Å². The summed E-state index contributed by atoms with van der Waals surface area (Å²) in [6, 6.07) is 22.6.